The molecule has 2 heteroatoms. The van der Waals surface area contributed by atoms with Gasteiger partial charge in [-0.15, -0.1) is 0 Å². The molecule has 0 radical (unpaired) electrons. The van der Waals surface area contributed by atoms with E-state index < -0.39 is 0 Å². The van der Waals surface area contributed by atoms with Gasteiger partial charge in [-0.1, -0.05) is 72.8 Å². The van der Waals surface area contributed by atoms with E-state index >= 15 is 0 Å². The predicted molar refractivity (Wildman–Crippen MR) is 111 cm³/mol. The third-order valence-electron chi connectivity index (χ3n) is 4.97. The van der Waals surface area contributed by atoms with Gasteiger partial charge in [-0.25, -0.2) is 0 Å². The summed E-state index contributed by atoms with van der Waals surface area (Å²) in [5, 5.41) is 0. The molecule has 0 amide bonds. The summed E-state index contributed by atoms with van der Waals surface area (Å²) < 4.78 is 0. The average Bonchev–Trinajstić information content (AvgIpc) is 2.75. The van der Waals surface area contributed by atoms with Gasteiger partial charge in [-0.2, -0.15) is 0 Å². The highest BCUT2D eigenvalue weighted by Crippen LogP contribution is 2.39. The van der Waals surface area contributed by atoms with Crippen molar-refractivity contribution in [1.29, 1.82) is 0 Å². The SMILES string of the molecule is CC(C)(c1ncccc1-c1ccccc1)c1ncccc1-c1ccccc1. The van der Waals surface area contributed by atoms with Gasteiger partial charge in [-0.05, 0) is 37.1 Å². The van der Waals surface area contributed by atoms with Crippen LogP contribution in [0.5, 0.6) is 0 Å². The van der Waals surface area contributed by atoms with E-state index in [-0.39, 0.29) is 5.41 Å². The predicted octanol–water partition coefficient (Wildman–Crippen LogP) is 6.14. The van der Waals surface area contributed by atoms with Crippen LogP contribution in [0, 0.1) is 0 Å². The largest absolute Gasteiger partial charge is 0.260 e. The first kappa shape index (κ1) is 17.2. The van der Waals surface area contributed by atoms with Crippen LogP contribution in [0.1, 0.15) is 25.2 Å². The van der Waals surface area contributed by atoms with Gasteiger partial charge in [0.25, 0.3) is 0 Å². The van der Waals surface area contributed by atoms with Crippen molar-refractivity contribution in [2.24, 2.45) is 0 Å². The van der Waals surface area contributed by atoms with E-state index in [9.17, 15) is 0 Å². The van der Waals surface area contributed by atoms with Gasteiger partial charge in [-0.3, -0.25) is 9.97 Å². The number of nitrogens with zero attached hydrogens (tertiary/aromatic N) is 2. The summed E-state index contributed by atoms with van der Waals surface area (Å²) in [6.45, 7) is 4.41. The molecule has 27 heavy (non-hydrogen) atoms. The first-order chi connectivity index (χ1) is 13.2. The molecule has 2 aromatic carbocycles. The zero-order valence-electron chi connectivity index (χ0n) is 15.6. The molecule has 0 unspecified atom stereocenters. The third-order valence-corrected chi connectivity index (χ3v) is 4.97. The molecule has 2 nitrogen and oxygen atoms in total. The molecule has 0 N–H and O–H groups in total. The summed E-state index contributed by atoms with van der Waals surface area (Å²) in [6, 6.07) is 29.1. The first-order valence-corrected chi connectivity index (χ1v) is 9.20. The monoisotopic (exact) mass is 350 g/mol. The molecular formula is C25H22N2. The van der Waals surface area contributed by atoms with Gasteiger partial charge in [0.15, 0.2) is 0 Å². The molecule has 0 aliphatic heterocycles. The van der Waals surface area contributed by atoms with Crippen molar-refractivity contribution in [3.8, 4) is 22.3 Å². The van der Waals surface area contributed by atoms with Crippen molar-refractivity contribution in [1.82, 2.24) is 9.97 Å². The quantitative estimate of drug-likeness (QED) is 0.442. The fourth-order valence-corrected chi connectivity index (χ4v) is 3.62. The molecular weight excluding hydrogens is 328 g/mol. The third kappa shape index (κ3) is 3.26. The number of hydrogen-bond acceptors (Lipinski definition) is 2. The smallest absolute Gasteiger partial charge is 0.0597 e. The Bertz CT molecular complexity index is 953. The number of hydrogen-bond donors (Lipinski definition) is 0. The van der Waals surface area contributed by atoms with Crippen molar-refractivity contribution in [3.05, 3.63) is 109 Å². The summed E-state index contributed by atoms with van der Waals surface area (Å²) in [5.41, 5.74) is 6.36. The van der Waals surface area contributed by atoms with Crippen molar-refractivity contribution in [3.63, 3.8) is 0 Å². The first-order valence-electron chi connectivity index (χ1n) is 9.20. The highest BCUT2D eigenvalue weighted by molar-refractivity contribution is 5.72. The lowest BCUT2D eigenvalue weighted by Gasteiger charge is -2.28. The lowest BCUT2D eigenvalue weighted by atomic mass is 9.78. The van der Waals surface area contributed by atoms with Crippen LogP contribution in [0.25, 0.3) is 22.3 Å². The van der Waals surface area contributed by atoms with Gasteiger partial charge in [0.05, 0.1) is 16.8 Å². The Hall–Kier alpha value is -3.26. The second-order valence-electron chi connectivity index (χ2n) is 7.16. The molecule has 0 saturated carbocycles. The number of pyridine rings is 2. The van der Waals surface area contributed by atoms with Gasteiger partial charge in [0, 0.05) is 23.5 Å². The van der Waals surface area contributed by atoms with Crippen molar-refractivity contribution < 1.29 is 0 Å². The molecule has 132 valence electrons. The molecule has 4 rings (SSSR count). The van der Waals surface area contributed by atoms with E-state index in [1.165, 1.54) is 11.1 Å². The molecule has 4 aromatic rings. The van der Waals surface area contributed by atoms with Crippen LogP contribution in [-0.4, -0.2) is 9.97 Å². The van der Waals surface area contributed by atoms with Crippen molar-refractivity contribution in [2.45, 2.75) is 19.3 Å². The van der Waals surface area contributed by atoms with E-state index in [4.69, 9.17) is 9.97 Å². The number of rotatable bonds is 4. The second kappa shape index (κ2) is 7.16. The van der Waals surface area contributed by atoms with Crippen molar-refractivity contribution in [2.75, 3.05) is 0 Å². The maximum absolute atomic E-state index is 4.80. The van der Waals surface area contributed by atoms with Crippen LogP contribution in [0.15, 0.2) is 97.3 Å². The average molecular weight is 350 g/mol. The van der Waals surface area contributed by atoms with Gasteiger partial charge in [0.1, 0.15) is 0 Å². The lowest BCUT2D eigenvalue weighted by Crippen LogP contribution is -2.24. The maximum atomic E-state index is 4.80. The Kier molecular flexibility index (Phi) is 4.55. The second-order valence-corrected chi connectivity index (χ2v) is 7.16. The summed E-state index contributed by atoms with van der Waals surface area (Å²) in [6.07, 6.45) is 3.74. The lowest BCUT2D eigenvalue weighted by molar-refractivity contribution is 0.599. The van der Waals surface area contributed by atoms with Crippen LogP contribution in [0.2, 0.25) is 0 Å². The van der Waals surface area contributed by atoms with Crippen LogP contribution in [-0.2, 0) is 5.41 Å². The van der Waals surface area contributed by atoms with Crippen LogP contribution in [0.3, 0.4) is 0 Å². The van der Waals surface area contributed by atoms with E-state index in [1.54, 1.807) is 0 Å². The molecule has 0 spiro atoms. The van der Waals surface area contributed by atoms with Crippen LogP contribution >= 0.6 is 0 Å². The fraction of sp³-hybridized carbons (Fsp3) is 0.120. The molecule has 0 fully saturated rings. The van der Waals surface area contributed by atoms with E-state index in [1.807, 2.05) is 36.7 Å². The summed E-state index contributed by atoms with van der Waals surface area (Å²) in [7, 11) is 0. The minimum absolute atomic E-state index is 0.348. The molecule has 0 bridgehead atoms. The van der Waals surface area contributed by atoms with E-state index in [0.29, 0.717) is 0 Å². The summed E-state index contributed by atoms with van der Waals surface area (Å²) >= 11 is 0. The molecule has 0 saturated heterocycles. The van der Waals surface area contributed by atoms with Gasteiger partial charge < -0.3 is 0 Å². The highest BCUT2D eigenvalue weighted by Gasteiger charge is 2.31. The van der Waals surface area contributed by atoms with E-state index in [0.717, 1.165) is 22.5 Å². The van der Waals surface area contributed by atoms with E-state index in [2.05, 4.69) is 74.5 Å². The van der Waals surface area contributed by atoms with Gasteiger partial charge >= 0.3 is 0 Å². The Labute approximate surface area is 160 Å². The Balaban J connectivity index is 1.90. The fourth-order valence-electron chi connectivity index (χ4n) is 3.62. The standard InChI is InChI=1S/C25H22N2/c1-25(2,23-21(15-9-17-26-23)19-11-5-3-6-12-19)24-22(16-10-18-27-24)20-13-7-4-8-14-20/h3-18H,1-2H3. The minimum atomic E-state index is -0.348. The molecule has 2 heterocycles. The highest BCUT2D eigenvalue weighted by atomic mass is 14.8. The molecule has 2 aromatic heterocycles. The van der Waals surface area contributed by atoms with Crippen molar-refractivity contribution >= 4 is 0 Å². The van der Waals surface area contributed by atoms with Crippen LogP contribution in [0.4, 0.5) is 0 Å². The molecule has 0 aliphatic carbocycles. The Morgan fingerprint density at radius 1 is 0.519 bits per heavy atom. The number of aromatic nitrogens is 2. The maximum Gasteiger partial charge on any atom is 0.0597 e. The zero-order valence-corrected chi connectivity index (χ0v) is 15.6. The molecule has 0 atom stereocenters. The van der Waals surface area contributed by atoms with Gasteiger partial charge in [0.2, 0.25) is 0 Å². The topological polar surface area (TPSA) is 25.8 Å². The molecule has 0 aliphatic rings. The number of benzene rings is 2. The minimum Gasteiger partial charge on any atom is -0.260 e. The van der Waals surface area contributed by atoms with Crippen LogP contribution < -0.4 is 0 Å². The Morgan fingerprint density at radius 2 is 0.926 bits per heavy atom. The Morgan fingerprint density at radius 3 is 1.33 bits per heavy atom. The summed E-state index contributed by atoms with van der Waals surface area (Å²) in [5.74, 6) is 0. The summed E-state index contributed by atoms with van der Waals surface area (Å²) in [4.78, 5) is 9.60. The zero-order chi connectivity index (χ0) is 18.7. The normalized spacial score (nSPS) is 11.3.